The molecule has 0 amide bonds. The molecule has 0 bridgehead atoms. The smallest absolute Gasteiger partial charge is 0.362 e. The number of ether oxygens (including phenoxy) is 1. The van der Waals surface area contributed by atoms with E-state index in [2.05, 4.69) is 20.3 Å². The van der Waals surface area contributed by atoms with Crippen molar-refractivity contribution in [2.24, 2.45) is 5.16 Å². The Bertz CT molecular complexity index is 389. The Kier molecular flexibility index (Phi) is 4.71. The first-order chi connectivity index (χ1) is 7.72. The Morgan fingerprint density at radius 3 is 2.94 bits per heavy atom. The van der Waals surface area contributed by atoms with Crippen LogP contribution in [0.1, 0.15) is 12.6 Å². The maximum Gasteiger partial charge on any atom is 0.362 e. The zero-order chi connectivity index (χ0) is 12.0. The number of anilines is 1. The van der Waals surface area contributed by atoms with Gasteiger partial charge in [-0.25, -0.2) is 9.78 Å². The minimum atomic E-state index is -0.544. The fourth-order valence-electron chi connectivity index (χ4n) is 0.977. The number of nitrogens with zero attached hydrogens (tertiary/aromatic N) is 2. The molecule has 0 fully saturated rings. The Morgan fingerprint density at radius 2 is 2.44 bits per heavy atom. The van der Waals surface area contributed by atoms with Gasteiger partial charge in [0.25, 0.3) is 0 Å². The lowest BCUT2D eigenvalue weighted by Gasteiger charge is -2.01. The third-order valence-corrected chi connectivity index (χ3v) is 2.47. The average Bonchev–Trinajstić information content (AvgIpc) is 2.74. The van der Waals surface area contributed by atoms with Gasteiger partial charge in [-0.15, -0.1) is 11.3 Å². The number of carbonyl (C=O) groups excluding carboxylic acids is 1. The van der Waals surface area contributed by atoms with Crippen LogP contribution in [0.5, 0.6) is 0 Å². The standard InChI is InChI=1S/C9H13N3O3S/c1-4-15-8(13)7(12-14-3)6-5-16-9(10-2)11-6/h5H,4H2,1-3H3,(H,10,11). The second kappa shape index (κ2) is 6.06. The van der Waals surface area contributed by atoms with E-state index in [1.165, 1.54) is 18.4 Å². The molecule has 16 heavy (non-hydrogen) atoms. The molecule has 1 N–H and O–H groups in total. The summed E-state index contributed by atoms with van der Waals surface area (Å²) in [4.78, 5) is 20.3. The predicted octanol–water partition coefficient (Wildman–Crippen LogP) is 1.10. The summed E-state index contributed by atoms with van der Waals surface area (Å²) in [6, 6.07) is 0. The maximum atomic E-state index is 11.5. The molecule has 0 unspecified atom stereocenters. The summed E-state index contributed by atoms with van der Waals surface area (Å²) in [5, 5.41) is 8.90. The molecule has 1 aromatic heterocycles. The first-order valence-electron chi connectivity index (χ1n) is 4.64. The summed E-state index contributed by atoms with van der Waals surface area (Å²) in [6.07, 6.45) is 0. The van der Waals surface area contributed by atoms with Gasteiger partial charge in [0, 0.05) is 12.4 Å². The number of esters is 1. The highest BCUT2D eigenvalue weighted by Crippen LogP contribution is 2.15. The molecular weight excluding hydrogens is 230 g/mol. The second-order valence-corrected chi connectivity index (χ2v) is 3.49. The summed E-state index contributed by atoms with van der Waals surface area (Å²) >= 11 is 1.37. The number of hydrogen-bond acceptors (Lipinski definition) is 7. The predicted molar refractivity (Wildman–Crippen MR) is 61.8 cm³/mol. The largest absolute Gasteiger partial charge is 0.461 e. The molecule has 7 heteroatoms. The second-order valence-electron chi connectivity index (χ2n) is 2.63. The summed E-state index contributed by atoms with van der Waals surface area (Å²) in [5.74, 6) is -0.544. The Hall–Kier alpha value is -1.63. The SMILES string of the molecule is CCOC(=O)C(=NOC)c1csc(NC)n1. The molecule has 0 aromatic carbocycles. The molecule has 88 valence electrons. The number of thiazole rings is 1. The number of hydrogen-bond donors (Lipinski definition) is 1. The van der Waals surface area contributed by atoms with Crippen LogP contribution in [0.25, 0.3) is 0 Å². The van der Waals surface area contributed by atoms with Gasteiger partial charge in [-0.2, -0.15) is 0 Å². The van der Waals surface area contributed by atoms with E-state index >= 15 is 0 Å². The van der Waals surface area contributed by atoms with Crippen molar-refractivity contribution in [1.82, 2.24) is 4.98 Å². The molecular formula is C9H13N3O3S. The minimum Gasteiger partial charge on any atom is -0.461 e. The van der Waals surface area contributed by atoms with Crippen molar-refractivity contribution in [2.75, 3.05) is 26.1 Å². The van der Waals surface area contributed by atoms with Crippen molar-refractivity contribution >= 4 is 28.1 Å². The van der Waals surface area contributed by atoms with Gasteiger partial charge < -0.3 is 14.9 Å². The highest BCUT2D eigenvalue weighted by Gasteiger charge is 2.19. The first kappa shape index (κ1) is 12.4. The molecule has 0 atom stereocenters. The Balaban J connectivity index is 2.94. The number of nitrogens with one attached hydrogen (secondary N) is 1. The molecule has 0 aliphatic heterocycles. The highest BCUT2D eigenvalue weighted by molar-refractivity contribution is 7.14. The Labute approximate surface area is 97.3 Å². The average molecular weight is 243 g/mol. The van der Waals surface area contributed by atoms with E-state index in [-0.39, 0.29) is 12.3 Å². The van der Waals surface area contributed by atoms with Gasteiger partial charge >= 0.3 is 5.97 Å². The van der Waals surface area contributed by atoms with Crippen LogP contribution >= 0.6 is 11.3 Å². The van der Waals surface area contributed by atoms with Crippen LogP contribution in [0.15, 0.2) is 10.5 Å². The zero-order valence-electron chi connectivity index (χ0n) is 9.31. The summed E-state index contributed by atoms with van der Waals surface area (Å²) in [7, 11) is 3.12. The molecule has 6 nitrogen and oxygen atoms in total. The first-order valence-corrected chi connectivity index (χ1v) is 5.52. The van der Waals surface area contributed by atoms with E-state index in [0.717, 1.165) is 0 Å². The van der Waals surface area contributed by atoms with E-state index in [9.17, 15) is 4.79 Å². The van der Waals surface area contributed by atoms with Crippen LogP contribution in [-0.4, -0.2) is 37.4 Å². The van der Waals surface area contributed by atoms with E-state index in [4.69, 9.17) is 4.74 Å². The van der Waals surface area contributed by atoms with E-state index in [0.29, 0.717) is 10.8 Å². The van der Waals surface area contributed by atoms with Crippen molar-refractivity contribution in [3.8, 4) is 0 Å². The highest BCUT2D eigenvalue weighted by atomic mass is 32.1. The number of aromatic nitrogens is 1. The van der Waals surface area contributed by atoms with Crippen LogP contribution in [-0.2, 0) is 14.4 Å². The monoisotopic (exact) mass is 243 g/mol. The van der Waals surface area contributed by atoms with E-state index < -0.39 is 5.97 Å². The molecule has 0 spiro atoms. The van der Waals surface area contributed by atoms with Gasteiger partial charge in [-0.1, -0.05) is 5.16 Å². The van der Waals surface area contributed by atoms with Gasteiger partial charge in [0.1, 0.15) is 12.8 Å². The van der Waals surface area contributed by atoms with Gasteiger partial charge in [0.2, 0.25) is 5.71 Å². The molecule has 1 aromatic rings. The fourth-order valence-corrected chi connectivity index (χ4v) is 1.63. The molecule has 0 aliphatic rings. The minimum absolute atomic E-state index is 0.0714. The van der Waals surface area contributed by atoms with Crippen molar-refractivity contribution in [3.05, 3.63) is 11.1 Å². The normalized spacial score (nSPS) is 11.1. The molecule has 0 aliphatic carbocycles. The van der Waals surface area contributed by atoms with Crippen molar-refractivity contribution in [1.29, 1.82) is 0 Å². The number of rotatable bonds is 5. The van der Waals surface area contributed by atoms with Crippen LogP contribution in [0.2, 0.25) is 0 Å². The maximum absolute atomic E-state index is 11.5. The van der Waals surface area contributed by atoms with Crippen LogP contribution in [0.3, 0.4) is 0 Å². The van der Waals surface area contributed by atoms with Crippen LogP contribution in [0, 0.1) is 0 Å². The quantitative estimate of drug-likeness (QED) is 0.476. The number of oxime groups is 1. The van der Waals surface area contributed by atoms with Crippen molar-refractivity contribution in [2.45, 2.75) is 6.92 Å². The van der Waals surface area contributed by atoms with Gasteiger partial charge in [-0.3, -0.25) is 0 Å². The zero-order valence-corrected chi connectivity index (χ0v) is 10.1. The summed E-state index contributed by atoms with van der Waals surface area (Å²) < 4.78 is 4.85. The van der Waals surface area contributed by atoms with Gasteiger partial charge in [0.05, 0.1) is 6.61 Å². The summed E-state index contributed by atoms with van der Waals surface area (Å²) in [5.41, 5.74) is 0.511. The molecule has 1 rings (SSSR count). The van der Waals surface area contributed by atoms with Gasteiger partial charge in [0.15, 0.2) is 5.13 Å². The lowest BCUT2D eigenvalue weighted by Crippen LogP contribution is -2.19. The van der Waals surface area contributed by atoms with E-state index in [1.807, 2.05) is 0 Å². The van der Waals surface area contributed by atoms with Crippen LogP contribution in [0.4, 0.5) is 5.13 Å². The topological polar surface area (TPSA) is 72.8 Å². The lowest BCUT2D eigenvalue weighted by atomic mass is 10.3. The summed E-state index contributed by atoms with van der Waals surface area (Å²) in [6.45, 7) is 2.01. The van der Waals surface area contributed by atoms with E-state index in [1.54, 1.807) is 19.4 Å². The molecule has 1 heterocycles. The van der Waals surface area contributed by atoms with Crippen molar-refractivity contribution < 1.29 is 14.4 Å². The number of carbonyl (C=O) groups is 1. The molecule has 0 radical (unpaired) electrons. The fraction of sp³-hybridized carbons (Fsp3) is 0.444. The third kappa shape index (κ3) is 2.93. The van der Waals surface area contributed by atoms with Crippen LogP contribution < -0.4 is 5.32 Å². The van der Waals surface area contributed by atoms with Crippen molar-refractivity contribution in [3.63, 3.8) is 0 Å². The third-order valence-electron chi connectivity index (χ3n) is 1.61. The van der Waals surface area contributed by atoms with Gasteiger partial charge in [-0.05, 0) is 6.92 Å². The lowest BCUT2D eigenvalue weighted by molar-refractivity contribution is -0.135. The molecule has 0 saturated carbocycles. The Morgan fingerprint density at radius 1 is 1.69 bits per heavy atom. The molecule has 0 saturated heterocycles.